The number of carbonyl (C=O) groups is 1. The van der Waals surface area contributed by atoms with Gasteiger partial charge in [0.1, 0.15) is 12.3 Å². The summed E-state index contributed by atoms with van der Waals surface area (Å²) in [6, 6.07) is 13.3. The van der Waals surface area contributed by atoms with Crippen LogP contribution in [0, 0.1) is 5.82 Å². The number of halogens is 1. The lowest BCUT2D eigenvalue weighted by Gasteiger charge is -2.15. The van der Waals surface area contributed by atoms with E-state index in [1.165, 1.54) is 16.9 Å². The van der Waals surface area contributed by atoms with Gasteiger partial charge in [-0.3, -0.25) is 4.79 Å². The van der Waals surface area contributed by atoms with E-state index in [-0.39, 0.29) is 24.2 Å². The summed E-state index contributed by atoms with van der Waals surface area (Å²) in [5.74, 6) is -0.0267. The number of rotatable bonds is 6. The molecule has 1 heterocycles. The summed E-state index contributed by atoms with van der Waals surface area (Å²) in [7, 11) is 0. The molecule has 1 aromatic heterocycles. The Bertz CT molecular complexity index is 838. The molecule has 1 unspecified atom stereocenters. The summed E-state index contributed by atoms with van der Waals surface area (Å²) < 4.78 is 21.2. The van der Waals surface area contributed by atoms with Gasteiger partial charge in [0, 0.05) is 6.20 Å². The molecule has 6 nitrogen and oxygen atoms in total. The van der Waals surface area contributed by atoms with Gasteiger partial charge in [-0.1, -0.05) is 29.5 Å². The fourth-order valence-corrected chi connectivity index (χ4v) is 2.32. The molecule has 0 saturated carbocycles. The fraction of sp³-hybridized carbons (Fsp3) is 0.167. The maximum atomic E-state index is 14.3. The molecule has 0 aliphatic rings. The molecule has 0 aliphatic carbocycles. The van der Waals surface area contributed by atoms with Crippen LogP contribution in [0.15, 0.2) is 60.9 Å². The monoisotopic (exact) mass is 340 g/mol. The molecule has 0 saturated heterocycles. The topological polar surface area (TPSA) is 69.0 Å². The first-order valence-corrected chi connectivity index (χ1v) is 7.77. The van der Waals surface area contributed by atoms with Crippen molar-refractivity contribution in [1.29, 1.82) is 0 Å². The van der Waals surface area contributed by atoms with Crippen molar-refractivity contribution in [2.24, 2.45) is 0 Å². The molecule has 25 heavy (non-hydrogen) atoms. The Morgan fingerprint density at radius 3 is 2.76 bits per heavy atom. The smallest absolute Gasteiger partial charge is 0.242 e. The van der Waals surface area contributed by atoms with Crippen molar-refractivity contribution in [2.45, 2.75) is 19.5 Å². The Morgan fingerprint density at radius 2 is 2.08 bits per heavy atom. The van der Waals surface area contributed by atoms with Crippen molar-refractivity contribution in [3.63, 3.8) is 0 Å². The summed E-state index contributed by atoms with van der Waals surface area (Å²) in [4.78, 5) is 12.0. The van der Waals surface area contributed by atoms with Crippen LogP contribution >= 0.6 is 0 Å². The largest absolute Gasteiger partial charge is 0.454 e. The van der Waals surface area contributed by atoms with E-state index in [1.54, 1.807) is 37.4 Å². The molecular weight excluding hydrogens is 323 g/mol. The molecule has 128 valence electrons. The van der Waals surface area contributed by atoms with Crippen LogP contribution in [0.25, 0.3) is 0 Å². The molecule has 7 heteroatoms. The van der Waals surface area contributed by atoms with E-state index in [0.717, 1.165) is 0 Å². The van der Waals surface area contributed by atoms with Gasteiger partial charge in [0.25, 0.3) is 0 Å². The summed E-state index contributed by atoms with van der Waals surface area (Å²) in [5, 5.41) is 10.2. The molecule has 0 aliphatic heterocycles. The van der Waals surface area contributed by atoms with Crippen LogP contribution in [0.4, 0.5) is 4.39 Å². The Morgan fingerprint density at radius 1 is 1.28 bits per heavy atom. The number of ether oxygens (including phenoxy) is 1. The van der Waals surface area contributed by atoms with Crippen molar-refractivity contribution in [3.8, 4) is 11.5 Å². The minimum absolute atomic E-state index is 0.0576. The van der Waals surface area contributed by atoms with Gasteiger partial charge in [-0.2, -0.15) is 0 Å². The Kier molecular flexibility index (Phi) is 5.03. The molecule has 1 N–H and O–H groups in total. The van der Waals surface area contributed by atoms with Gasteiger partial charge in [0.2, 0.25) is 5.91 Å². The lowest BCUT2D eigenvalue weighted by atomic mass is 10.1. The van der Waals surface area contributed by atoms with Crippen LogP contribution in [0.1, 0.15) is 18.5 Å². The highest BCUT2D eigenvalue weighted by molar-refractivity contribution is 5.76. The number of benzene rings is 2. The lowest BCUT2D eigenvalue weighted by molar-refractivity contribution is -0.122. The maximum absolute atomic E-state index is 14.3. The fourth-order valence-electron chi connectivity index (χ4n) is 2.32. The average molecular weight is 340 g/mol. The molecule has 0 fully saturated rings. The first-order valence-electron chi connectivity index (χ1n) is 7.77. The molecule has 1 atom stereocenters. The Hall–Kier alpha value is -3.22. The van der Waals surface area contributed by atoms with Crippen LogP contribution in [-0.4, -0.2) is 20.9 Å². The predicted octanol–water partition coefficient (Wildman–Crippen LogP) is 3.09. The zero-order chi connectivity index (χ0) is 17.6. The van der Waals surface area contributed by atoms with E-state index in [2.05, 4.69) is 15.6 Å². The summed E-state index contributed by atoms with van der Waals surface area (Å²) in [6.45, 7) is 1.84. The first-order chi connectivity index (χ1) is 12.1. The Balaban J connectivity index is 1.64. The molecule has 3 rings (SSSR count). The SMILES string of the molecule is CC(NC(=O)Cn1ccnn1)c1ccc(Oc2ccccc2)c(F)c1. The quantitative estimate of drug-likeness (QED) is 0.749. The van der Waals surface area contributed by atoms with Crippen molar-refractivity contribution < 1.29 is 13.9 Å². The van der Waals surface area contributed by atoms with Crippen molar-refractivity contribution in [2.75, 3.05) is 0 Å². The van der Waals surface area contributed by atoms with Crippen molar-refractivity contribution >= 4 is 5.91 Å². The predicted molar refractivity (Wildman–Crippen MR) is 89.5 cm³/mol. The molecule has 2 aromatic carbocycles. The number of nitrogens with zero attached hydrogens (tertiary/aromatic N) is 3. The Labute approximate surface area is 144 Å². The third-order valence-electron chi connectivity index (χ3n) is 3.58. The number of carbonyl (C=O) groups excluding carboxylic acids is 1. The van der Waals surface area contributed by atoms with E-state index in [4.69, 9.17) is 4.74 Å². The average Bonchev–Trinajstić information content (AvgIpc) is 3.10. The van der Waals surface area contributed by atoms with E-state index < -0.39 is 5.82 Å². The van der Waals surface area contributed by atoms with E-state index in [9.17, 15) is 9.18 Å². The van der Waals surface area contributed by atoms with Gasteiger partial charge < -0.3 is 10.1 Å². The number of para-hydroxylation sites is 1. The van der Waals surface area contributed by atoms with E-state index in [1.807, 2.05) is 18.2 Å². The van der Waals surface area contributed by atoms with Gasteiger partial charge in [0.15, 0.2) is 11.6 Å². The molecular formula is C18H17FN4O2. The van der Waals surface area contributed by atoms with Gasteiger partial charge in [0.05, 0.1) is 12.2 Å². The lowest BCUT2D eigenvalue weighted by Crippen LogP contribution is -2.30. The molecule has 1 amide bonds. The van der Waals surface area contributed by atoms with Crippen LogP contribution < -0.4 is 10.1 Å². The number of hydrogen-bond donors (Lipinski definition) is 1. The molecule has 0 radical (unpaired) electrons. The standard InChI is InChI=1S/C18H17FN4O2/c1-13(21-18(24)12-23-10-9-20-22-23)14-7-8-17(16(19)11-14)25-15-5-3-2-4-6-15/h2-11,13H,12H2,1H3,(H,21,24). The summed E-state index contributed by atoms with van der Waals surface area (Å²) >= 11 is 0. The van der Waals surface area contributed by atoms with Gasteiger partial charge >= 0.3 is 0 Å². The summed E-state index contributed by atoms with van der Waals surface area (Å²) in [6.07, 6.45) is 3.09. The third kappa shape index (κ3) is 4.41. The van der Waals surface area contributed by atoms with Gasteiger partial charge in [-0.05, 0) is 36.8 Å². The number of aromatic nitrogens is 3. The van der Waals surface area contributed by atoms with Gasteiger partial charge in [-0.15, -0.1) is 5.10 Å². The normalized spacial score (nSPS) is 11.8. The highest BCUT2D eigenvalue weighted by Gasteiger charge is 2.13. The van der Waals surface area contributed by atoms with E-state index in [0.29, 0.717) is 11.3 Å². The molecule has 0 spiro atoms. The minimum Gasteiger partial charge on any atom is -0.454 e. The van der Waals surface area contributed by atoms with Crippen molar-refractivity contribution in [1.82, 2.24) is 20.3 Å². The number of nitrogens with one attached hydrogen (secondary N) is 1. The van der Waals surface area contributed by atoms with Crippen LogP contribution in [0.2, 0.25) is 0 Å². The van der Waals surface area contributed by atoms with Crippen LogP contribution in [0.5, 0.6) is 11.5 Å². The third-order valence-corrected chi connectivity index (χ3v) is 3.58. The molecule has 3 aromatic rings. The second kappa shape index (κ2) is 7.57. The van der Waals surface area contributed by atoms with Gasteiger partial charge in [-0.25, -0.2) is 9.07 Å². The van der Waals surface area contributed by atoms with Crippen LogP contribution in [0.3, 0.4) is 0 Å². The van der Waals surface area contributed by atoms with Crippen molar-refractivity contribution in [3.05, 3.63) is 72.3 Å². The van der Waals surface area contributed by atoms with E-state index >= 15 is 0 Å². The van der Waals surface area contributed by atoms with Crippen LogP contribution in [-0.2, 0) is 11.3 Å². The second-order valence-corrected chi connectivity index (χ2v) is 5.49. The first kappa shape index (κ1) is 16.6. The zero-order valence-electron chi connectivity index (χ0n) is 13.6. The maximum Gasteiger partial charge on any atom is 0.242 e. The highest BCUT2D eigenvalue weighted by Crippen LogP contribution is 2.26. The zero-order valence-corrected chi connectivity index (χ0v) is 13.6. The molecule has 0 bridgehead atoms. The second-order valence-electron chi connectivity index (χ2n) is 5.49. The minimum atomic E-state index is -0.487. The number of hydrogen-bond acceptors (Lipinski definition) is 4. The highest BCUT2D eigenvalue weighted by atomic mass is 19.1. The number of amides is 1. The summed E-state index contributed by atoms with van der Waals surface area (Å²) in [5.41, 5.74) is 0.643.